The van der Waals surface area contributed by atoms with Crippen LogP contribution < -0.4 is 0 Å². The van der Waals surface area contributed by atoms with Gasteiger partial charge in [0, 0.05) is 5.75 Å². The maximum Gasteiger partial charge on any atom is 0.325 e. The fraction of sp³-hybridized carbons (Fsp3) is 0.667. The first-order valence-corrected chi connectivity index (χ1v) is 4.89. The van der Waals surface area contributed by atoms with E-state index in [1.165, 1.54) is 16.4 Å². The quantitative estimate of drug-likeness (QED) is 0.545. The van der Waals surface area contributed by atoms with Gasteiger partial charge in [-0.3, -0.25) is 9.18 Å². The number of halogens is 1. The van der Waals surface area contributed by atoms with E-state index in [0.29, 0.717) is 17.3 Å². The van der Waals surface area contributed by atoms with Gasteiger partial charge < -0.3 is 5.11 Å². The lowest BCUT2D eigenvalue weighted by atomic mass is 10.6. The SMILES string of the molecule is O=C(O)Cn1nnnc1SCCCF. The molecule has 0 fully saturated rings. The van der Waals surface area contributed by atoms with Gasteiger partial charge in [0.15, 0.2) is 0 Å². The predicted molar refractivity (Wildman–Crippen MR) is 46.8 cm³/mol. The Hall–Kier alpha value is -1.18. The Morgan fingerprint density at radius 3 is 3.07 bits per heavy atom. The molecule has 0 aliphatic rings. The summed E-state index contributed by atoms with van der Waals surface area (Å²) in [5.41, 5.74) is 0. The van der Waals surface area contributed by atoms with Crippen molar-refractivity contribution in [1.82, 2.24) is 20.2 Å². The number of thioether (sulfide) groups is 1. The number of carboxylic acids is 1. The first kappa shape index (κ1) is 10.9. The summed E-state index contributed by atoms with van der Waals surface area (Å²) >= 11 is 1.24. The molecule has 14 heavy (non-hydrogen) atoms. The zero-order valence-electron chi connectivity index (χ0n) is 7.26. The number of aliphatic carboxylic acids is 1. The number of alkyl halides is 1. The third kappa shape index (κ3) is 3.29. The molecule has 1 rings (SSSR count). The van der Waals surface area contributed by atoms with Crippen LogP contribution in [0.15, 0.2) is 5.16 Å². The van der Waals surface area contributed by atoms with Crippen LogP contribution in [0, 0.1) is 0 Å². The van der Waals surface area contributed by atoms with E-state index in [4.69, 9.17) is 5.11 Å². The number of rotatable bonds is 6. The molecule has 0 spiro atoms. The number of hydrogen-bond acceptors (Lipinski definition) is 5. The van der Waals surface area contributed by atoms with Crippen LogP contribution in [0.1, 0.15) is 6.42 Å². The Kier molecular flexibility index (Phi) is 4.30. The Morgan fingerprint density at radius 2 is 2.43 bits per heavy atom. The van der Waals surface area contributed by atoms with E-state index >= 15 is 0 Å². The van der Waals surface area contributed by atoms with Gasteiger partial charge in [0.2, 0.25) is 5.16 Å². The maximum atomic E-state index is 11.8. The van der Waals surface area contributed by atoms with E-state index < -0.39 is 12.6 Å². The largest absolute Gasteiger partial charge is 0.480 e. The molecule has 0 saturated carbocycles. The molecule has 6 nitrogen and oxygen atoms in total. The van der Waals surface area contributed by atoms with E-state index in [-0.39, 0.29) is 6.54 Å². The summed E-state index contributed by atoms with van der Waals surface area (Å²) in [7, 11) is 0. The van der Waals surface area contributed by atoms with Crippen molar-refractivity contribution < 1.29 is 14.3 Å². The monoisotopic (exact) mass is 220 g/mol. The van der Waals surface area contributed by atoms with Crippen molar-refractivity contribution in [2.45, 2.75) is 18.1 Å². The van der Waals surface area contributed by atoms with Crippen LogP contribution in [-0.4, -0.2) is 43.7 Å². The second-order valence-corrected chi connectivity index (χ2v) is 3.47. The van der Waals surface area contributed by atoms with Crippen LogP contribution in [0.4, 0.5) is 4.39 Å². The third-order valence-corrected chi connectivity index (χ3v) is 2.34. The Balaban J connectivity index is 2.49. The van der Waals surface area contributed by atoms with Gasteiger partial charge in [0.25, 0.3) is 0 Å². The van der Waals surface area contributed by atoms with Crippen LogP contribution in [0.2, 0.25) is 0 Å². The van der Waals surface area contributed by atoms with Crippen molar-refractivity contribution in [3.05, 3.63) is 0 Å². The molecular formula is C6H9FN4O2S. The fourth-order valence-corrected chi connectivity index (χ4v) is 1.53. The zero-order chi connectivity index (χ0) is 10.4. The van der Waals surface area contributed by atoms with Crippen LogP contribution >= 0.6 is 11.8 Å². The van der Waals surface area contributed by atoms with Crippen LogP contribution in [-0.2, 0) is 11.3 Å². The summed E-state index contributed by atoms with van der Waals surface area (Å²) in [6, 6.07) is 0. The number of hydrogen-bond donors (Lipinski definition) is 1. The molecule has 0 aromatic carbocycles. The number of carboxylic acid groups (broad SMARTS) is 1. The lowest BCUT2D eigenvalue weighted by molar-refractivity contribution is -0.138. The van der Waals surface area contributed by atoms with E-state index in [1.807, 2.05) is 0 Å². The van der Waals surface area contributed by atoms with Gasteiger partial charge in [-0.25, -0.2) is 4.68 Å². The second-order valence-electron chi connectivity index (χ2n) is 2.40. The van der Waals surface area contributed by atoms with E-state index in [1.54, 1.807) is 0 Å². The minimum absolute atomic E-state index is 0.273. The first-order chi connectivity index (χ1) is 6.74. The zero-order valence-corrected chi connectivity index (χ0v) is 8.08. The summed E-state index contributed by atoms with van der Waals surface area (Å²) in [5.74, 6) is -0.471. The van der Waals surface area contributed by atoms with Crippen LogP contribution in [0.3, 0.4) is 0 Å². The number of nitrogens with zero attached hydrogens (tertiary/aromatic N) is 4. The molecule has 0 aliphatic carbocycles. The van der Waals surface area contributed by atoms with Gasteiger partial charge in [-0.15, -0.1) is 5.10 Å². The lowest BCUT2D eigenvalue weighted by Crippen LogP contribution is -2.11. The smallest absolute Gasteiger partial charge is 0.325 e. The van der Waals surface area contributed by atoms with Crippen molar-refractivity contribution in [1.29, 1.82) is 0 Å². The summed E-state index contributed by atoms with van der Waals surface area (Å²) in [4.78, 5) is 10.4. The standard InChI is InChI=1S/C6H9FN4O2S/c7-2-1-3-14-6-8-9-10-11(6)4-5(12)13/h1-4H2,(H,12,13). The first-order valence-electron chi connectivity index (χ1n) is 3.90. The molecule has 0 atom stereocenters. The average molecular weight is 220 g/mol. The third-order valence-electron chi connectivity index (χ3n) is 1.29. The van der Waals surface area contributed by atoms with E-state index in [9.17, 15) is 9.18 Å². The highest BCUT2D eigenvalue weighted by molar-refractivity contribution is 7.99. The van der Waals surface area contributed by atoms with Crippen molar-refractivity contribution in [2.24, 2.45) is 0 Å². The molecule has 0 saturated heterocycles. The molecule has 1 aromatic heterocycles. The van der Waals surface area contributed by atoms with Crippen molar-refractivity contribution >= 4 is 17.7 Å². The minimum Gasteiger partial charge on any atom is -0.480 e. The highest BCUT2D eigenvalue weighted by Crippen LogP contribution is 2.14. The summed E-state index contributed by atoms with van der Waals surface area (Å²) in [5, 5.41) is 19.4. The topological polar surface area (TPSA) is 80.9 Å². The molecule has 8 heteroatoms. The van der Waals surface area contributed by atoms with E-state index in [0.717, 1.165) is 0 Å². The normalized spacial score (nSPS) is 10.4. The molecule has 0 amide bonds. The molecule has 0 bridgehead atoms. The molecule has 0 radical (unpaired) electrons. The lowest BCUT2D eigenvalue weighted by Gasteiger charge is -1.99. The fourth-order valence-electron chi connectivity index (χ4n) is 0.745. The van der Waals surface area contributed by atoms with Crippen molar-refractivity contribution in [2.75, 3.05) is 12.4 Å². The molecule has 1 aromatic rings. The van der Waals surface area contributed by atoms with Crippen LogP contribution in [0.5, 0.6) is 0 Å². The van der Waals surface area contributed by atoms with Gasteiger partial charge in [-0.1, -0.05) is 11.8 Å². The second kappa shape index (κ2) is 5.53. The molecule has 1 heterocycles. The Labute approximate surface area is 83.5 Å². The van der Waals surface area contributed by atoms with Gasteiger partial charge in [0.1, 0.15) is 6.54 Å². The van der Waals surface area contributed by atoms with Gasteiger partial charge >= 0.3 is 5.97 Å². The average Bonchev–Trinajstić information content (AvgIpc) is 2.52. The molecule has 78 valence electrons. The summed E-state index contributed by atoms with van der Waals surface area (Å²) in [6.07, 6.45) is 0.407. The van der Waals surface area contributed by atoms with Crippen molar-refractivity contribution in [3.8, 4) is 0 Å². The summed E-state index contributed by atoms with van der Waals surface area (Å²) in [6.45, 7) is -0.668. The van der Waals surface area contributed by atoms with Crippen LogP contribution in [0.25, 0.3) is 0 Å². The number of tetrazole rings is 1. The molecule has 0 aliphatic heterocycles. The maximum absolute atomic E-state index is 11.8. The Morgan fingerprint density at radius 1 is 1.64 bits per heavy atom. The van der Waals surface area contributed by atoms with Crippen molar-refractivity contribution in [3.63, 3.8) is 0 Å². The van der Waals surface area contributed by atoms with Gasteiger partial charge in [-0.2, -0.15) is 0 Å². The highest BCUT2D eigenvalue weighted by atomic mass is 32.2. The predicted octanol–water partition coefficient (Wildman–Crippen LogP) is 0.209. The van der Waals surface area contributed by atoms with Gasteiger partial charge in [-0.05, 0) is 16.8 Å². The number of aromatic nitrogens is 4. The molecule has 0 unspecified atom stereocenters. The minimum atomic E-state index is -1.01. The van der Waals surface area contributed by atoms with Gasteiger partial charge in [0.05, 0.1) is 6.67 Å². The molecular weight excluding hydrogens is 211 g/mol. The Bertz CT molecular complexity index is 306. The highest BCUT2D eigenvalue weighted by Gasteiger charge is 2.09. The summed E-state index contributed by atoms with van der Waals surface area (Å²) < 4.78 is 12.9. The molecule has 1 N–H and O–H groups in total. The van der Waals surface area contributed by atoms with E-state index in [2.05, 4.69) is 15.5 Å². The number of carbonyl (C=O) groups is 1.